The van der Waals surface area contributed by atoms with E-state index < -0.39 is 0 Å². The molecule has 1 saturated heterocycles. The average Bonchev–Trinajstić information content (AvgIpc) is 2.29. The topological polar surface area (TPSA) is 44.4 Å². The molecule has 98 valence electrons. The van der Waals surface area contributed by atoms with E-state index in [0.717, 1.165) is 32.5 Å². The largest absolute Gasteiger partial charge is 0.336 e. The monoisotopic (exact) mass is 239 g/mol. The number of nitrogens with zero attached hydrogens (tertiary/aromatic N) is 1. The summed E-state index contributed by atoms with van der Waals surface area (Å²) < 4.78 is 0. The summed E-state index contributed by atoms with van der Waals surface area (Å²) in [4.78, 5) is 14.4. The fraction of sp³-hybridized carbons (Fsp3) is 0.923. The van der Waals surface area contributed by atoms with Crippen molar-refractivity contribution in [3.05, 3.63) is 0 Å². The fourth-order valence-corrected chi connectivity index (χ4v) is 3.14. The first-order valence-electron chi connectivity index (χ1n) is 6.93. The molecule has 1 aliphatic carbocycles. The van der Waals surface area contributed by atoms with Crippen molar-refractivity contribution in [2.45, 2.75) is 57.5 Å². The van der Waals surface area contributed by atoms with E-state index in [0.29, 0.717) is 0 Å². The van der Waals surface area contributed by atoms with Crippen molar-refractivity contribution in [3.8, 4) is 0 Å². The molecule has 2 fully saturated rings. The normalized spacial score (nSPS) is 24.1. The van der Waals surface area contributed by atoms with Crippen LogP contribution in [0.3, 0.4) is 0 Å². The van der Waals surface area contributed by atoms with Crippen molar-refractivity contribution in [2.24, 2.45) is 0 Å². The zero-order chi connectivity index (χ0) is 12.3. The van der Waals surface area contributed by atoms with Gasteiger partial charge >= 0.3 is 6.03 Å². The van der Waals surface area contributed by atoms with E-state index in [2.05, 4.69) is 15.5 Å². The van der Waals surface area contributed by atoms with Gasteiger partial charge in [-0.05, 0) is 26.7 Å². The first kappa shape index (κ1) is 12.7. The zero-order valence-corrected chi connectivity index (χ0v) is 11.1. The van der Waals surface area contributed by atoms with Crippen molar-refractivity contribution in [1.29, 1.82) is 0 Å². The van der Waals surface area contributed by atoms with Crippen LogP contribution in [0, 0.1) is 0 Å². The standard InChI is InChI=1S/C13H25N3O/c1-11(2)15-12(17)16-9-8-14-10-13(16)6-4-3-5-7-13/h11,14H,3-10H2,1-2H3,(H,15,17). The summed E-state index contributed by atoms with van der Waals surface area (Å²) in [6, 6.07) is 0.349. The molecule has 2 amide bonds. The van der Waals surface area contributed by atoms with Gasteiger partial charge in [-0.1, -0.05) is 19.3 Å². The van der Waals surface area contributed by atoms with Gasteiger partial charge in [-0.2, -0.15) is 0 Å². The highest BCUT2D eigenvalue weighted by atomic mass is 16.2. The number of amides is 2. The molecule has 0 radical (unpaired) electrons. The summed E-state index contributed by atoms with van der Waals surface area (Å²) in [5.74, 6) is 0. The lowest BCUT2D eigenvalue weighted by Crippen LogP contribution is -2.65. The summed E-state index contributed by atoms with van der Waals surface area (Å²) in [6.45, 7) is 6.78. The molecular formula is C13H25N3O. The van der Waals surface area contributed by atoms with Crippen LogP contribution in [0.4, 0.5) is 4.79 Å². The van der Waals surface area contributed by atoms with Crippen LogP contribution < -0.4 is 10.6 Å². The van der Waals surface area contributed by atoms with Crippen LogP contribution in [-0.2, 0) is 0 Å². The summed E-state index contributed by atoms with van der Waals surface area (Å²) >= 11 is 0. The third-order valence-electron chi connectivity index (χ3n) is 3.98. The molecule has 2 aliphatic rings. The van der Waals surface area contributed by atoms with Gasteiger partial charge in [0.1, 0.15) is 0 Å². The van der Waals surface area contributed by atoms with Gasteiger partial charge < -0.3 is 15.5 Å². The van der Waals surface area contributed by atoms with Crippen LogP contribution in [0.2, 0.25) is 0 Å². The number of hydrogen-bond donors (Lipinski definition) is 2. The average molecular weight is 239 g/mol. The van der Waals surface area contributed by atoms with Crippen LogP contribution in [0.5, 0.6) is 0 Å². The van der Waals surface area contributed by atoms with Gasteiger partial charge in [0, 0.05) is 25.7 Å². The minimum atomic E-state index is 0.0927. The third-order valence-corrected chi connectivity index (χ3v) is 3.98. The summed E-state index contributed by atoms with van der Waals surface area (Å²) in [5.41, 5.74) is 0.0927. The molecule has 17 heavy (non-hydrogen) atoms. The van der Waals surface area contributed by atoms with E-state index in [1.165, 1.54) is 19.3 Å². The molecule has 1 aliphatic heterocycles. The molecule has 0 aromatic carbocycles. The summed E-state index contributed by atoms with van der Waals surface area (Å²) in [7, 11) is 0. The maximum Gasteiger partial charge on any atom is 0.318 e. The Morgan fingerprint density at radius 2 is 2.00 bits per heavy atom. The Morgan fingerprint density at radius 3 is 2.65 bits per heavy atom. The van der Waals surface area contributed by atoms with Crippen molar-refractivity contribution in [3.63, 3.8) is 0 Å². The second kappa shape index (κ2) is 5.25. The number of carbonyl (C=O) groups is 1. The Bertz CT molecular complexity index is 264. The molecule has 2 N–H and O–H groups in total. The number of rotatable bonds is 1. The van der Waals surface area contributed by atoms with Crippen molar-refractivity contribution < 1.29 is 4.79 Å². The summed E-state index contributed by atoms with van der Waals surface area (Å²) in [6.07, 6.45) is 6.15. The van der Waals surface area contributed by atoms with Gasteiger partial charge in [0.15, 0.2) is 0 Å². The number of piperazine rings is 1. The van der Waals surface area contributed by atoms with Gasteiger partial charge in [0.25, 0.3) is 0 Å². The molecule has 0 aromatic rings. The number of urea groups is 1. The van der Waals surface area contributed by atoms with Crippen LogP contribution in [0.1, 0.15) is 46.0 Å². The van der Waals surface area contributed by atoms with Gasteiger partial charge in [-0.15, -0.1) is 0 Å². The molecule has 1 saturated carbocycles. The first-order chi connectivity index (χ1) is 8.14. The summed E-state index contributed by atoms with van der Waals surface area (Å²) in [5, 5.41) is 6.51. The maximum absolute atomic E-state index is 12.3. The van der Waals surface area contributed by atoms with E-state index in [-0.39, 0.29) is 17.6 Å². The van der Waals surface area contributed by atoms with Crippen molar-refractivity contribution in [1.82, 2.24) is 15.5 Å². The SMILES string of the molecule is CC(C)NC(=O)N1CCNCC12CCCCC2. The molecule has 0 unspecified atom stereocenters. The van der Waals surface area contributed by atoms with E-state index in [1.54, 1.807) is 0 Å². The van der Waals surface area contributed by atoms with Crippen LogP contribution in [-0.4, -0.2) is 42.1 Å². The predicted octanol–water partition coefficient (Wildman–Crippen LogP) is 1.71. The molecule has 4 nitrogen and oxygen atoms in total. The lowest BCUT2D eigenvalue weighted by Gasteiger charge is -2.49. The van der Waals surface area contributed by atoms with E-state index in [4.69, 9.17) is 0 Å². The highest BCUT2D eigenvalue weighted by Gasteiger charge is 2.42. The Kier molecular flexibility index (Phi) is 3.92. The number of carbonyl (C=O) groups excluding carboxylic acids is 1. The van der Waals surface area contributed by atoms with Crippen molar-refractivity contribution >= 4 is 6.03 Å². The first-order valence-corrected chi connectivity index (χ1v) is 6.93. The van der Waals surface area contributed by atoms with Gasteiger partial charge in [-0.3, -0.25) is 0 Å². The molecule has 0 aromatic heterocycles. The highest BCUT2D eigenvalue weighted by molar-refractivity contribution is 5.75. The van der Waals surface area contributed by atoms with Gasteiger partial charge in [0.05, 0.1) is 5.54 Å². The van der Waals surface area contributed by atoms with Crippen molar-refractivity contribution in [2.75, 3.05) is 19.6 Å². The second-order valence-corrected chi connectivity index (χ2v) is 5.72. The van der Waals surface area contributed by atoms with E-state index >= 15 is 0 Å². The van der Waals surface area contributed by atoms with Crippen LogP contribution in [0.25, 0.3) is 0 Å². The number of nitrogens with one attached hydrogen (secondary N) is 2. The zero-order valence-electron chi connectivity index (χ0n) is 11.1. The third kappa shape index (κ3) is 2.73. The number of hydrogen-bond acceptors (Lipinski definition) is 2. The minimum Gasteiger partial charge on any atom is -0.336 e. The lowest BCUT2D eigenvalue weighted by molar-refractivity contribution is 0.0561. The maximum atomic E-state index is 12.3. The molecule has 2 rings (SSSR count). The van der Waals surface area contributed by atoms with Crippen LogP contribution in [0.15, 0.2) is 0 Å². The highest BCUT2D eigenvalue weighted by Crippen LogP contribution is 2.34. The molecule has 1 heterocycles. The Balaban J connectivity index is 2.08. The Hall–Kier alpha value is -0.770. The van der Waals surface area contributed by atoms with Gasteiger partial charge in [-0.25, -0.2) is 4.79 Å². The smallest absolute Gasteiger partial charge is 0.318 e. The molecule has 0 bridgehead atoms. The second-order valence-electron chi connectivity index (χ2n) is 5.72. The van der Waals surface area contributed by atoms with Gasteiger partial charge in [0.2, 0.25) is 0 Å². The van der Waals surface area contributed by atoms with E-state index in [9.17, 15) is 4.79 Å². The quantitative estimate of drug-likeness (QED) is 0.731. The molecule has 1 spiro atoms. The Labute approximate surface area is 104 Å². The fourth-order valence-electron chi connectivity index (χ4n) is 3.14. The van der Waals surface area contributed by atoms with Crippen LogP contribution >= 0.6 is 0 Å². The molecular weight excluding hydrogens is 214 g/mol. The minimum absolute atomic E-state index is 0.0927. The molecule has 0 atom stereocenters. The lowest BCUT2D eigenvalue weighted by atomic mass is 9.79. The Morgan fingerprint density at radius 1 is 1.29 bits per heavy atom. The molecule has 4 heteroatoms. The van der Waals surface area contributed by atoms with E-state index in [1.807, 2.05) is 13.8 Å². The predicted molar refractivity (Wildman–Crippen MR) is 69.1 cm³/mol.